The van der Waals surface area contributed by atoms with E-state index in [0.29, 0.717) is 0 Å². The van der Waals surface area contributed by atoms with Crippen molar-refractivity contribution in [1.82, 2.24) is 0 Å². The first-order valence-electron chi connectivity index (χ1n) is 9.31. The van der Waals surface area contributed by atoms with Gasteiger partial charge in [0.05, 0.1) is 49.3 Å². The Morgan fingerprint density at radius 1 is 0.500 bits per heavy atom. The van der Waals surface area contributed by atoms with Gasteiger partial charge in [-0.3, -0.25) is 0 Å². The molecule has 6 heteroatoms. The number of rotatable bonds is 7. The molecule has 2 aromatic heterocycles. The lowest BCUT2D eigenvalue weighted by Crippen LogP contribution is -1.94. The lowest BCUT2D eigenvalue weighted by molar-refractivity contribution is 0.397. The van der Waals surface area contributed by atoms with Crippen LogP contribution >= 0.6 is 22.7 Å². The molecule has 0 unspecified atom stereocenters. The van der Waals surface area contributed by atoms with Gasteiger partial charge in [0, 0.05) is 11.1 Å². The number of hydrogen-bond donors (Lipinski definition) is 0. The highest BCUT2D eigenvalue weighted by Gasteiger charge is 2.23. The minimum atomic E-state index is 0.780. The Balaban J connectivity index is 1.94. The fourth-order valence-corrected chi connectivity index (χ4v) is 5.59. The first kappa shape index (κ1) is 20.3. The van der Waals surface area contributed by atoms with Crippen molar-refractivity contribution in [1.29, 1.82) is 0 Å². The molecule has 0 atom stereocenters. The molecule has 0 saturated heterocycles. The van der Waals surface area contributed by atoms with Crippen LogP contribution in [0.25, 0.3) is 32.0 Å². The number of thiophene rings is 2. The van der Waals surface area contributed by atoms with Crippen molar-refractivity contribution in [2.45, 2.75) is 0 Å². The van der Waals surface area contributed by atoms with Gasteiger partial charge < -0.3 is 18.9 Å². The van der Waals surface area contributed by atoms with Crippen LogP contribution in [0.5, 0.6) is 23.0 Å². The summed E-state index contributed by atoms with van der Waals surface area (Å²) in [5.41, 5.74) is 4.05. The molecule has 0 fully saturated rings. The second kappa shape index (κ2) is 8.81. The van der Waals surface area contributed by atoms with Crippen LogP contribution in [0.1, 0.15) is 0 Å². The third kappa shape index (κ3) is 3.42. The molecule has 30 heavy (non-hydrogen) atoms. The Morgan fingerprint density at radius 2 is 0.833 bits per heavy atom. The quantitative estimate of drug-likeness (QED) is 0.316. The molecule has 0 aliphatic heterocycles. The molecular weight excluding hydrogens is 416 g/mol. The topological polar surface area (TPSA) is 36.9 Å². The van der Waals surface area contributed by atoms with Gasteiger partial charge in [-0.1, -0.05) is 12.1 Å². The molecule has 0 bridgehead atoms. The minimum Gasteiger partial charge on any atom is -0.496 e. The van der Waals surface area contributed by atoms with Gasteiger partial charge in [-0.15, -0.1) is 22.7 Å². The molecule has 0 N–H and O–H groups in total. The minimum absolute atomic E-state index is 0.780. The van der Waals surface area contributed by atoms with Crippen LogP contribution in [0.4, 0.5) is 0 Å². The maximum atomic E-state index is 5.66. The van der Waals surface area contributed by atoms with E-state index in [0.717, 1.165) is 55.0 Å². The molecule has 0 saturated carbocycles. The summed E-state index contributed by atoms with van der Waals surface area (Å²) in [7, 11) is 6.72. The predicted molar refractivity (Wildman–Crippen MR) is 125 cm³/mol. The molecule has 4 rings (SSSR count). The molecule has 2 aromatic carbocycles. The standard InChI is InChI=1S/C24H22O4S2/c1-25-17-7-5-8-18(26-2)21(17)15-11-13-29-23(15)24-16(12-14-30-24)22-19(27-3)9-6-10-20(22)28-4/h5-14H,1-4H3. The van der Waals surface area contributed by atoms with Crippen molar-refractivity contribution in [3.8, 4) is 55.0 Å². The average Bonchev–Trinajstić information content (AvgIpc) is 3.46. The normalized spacial score (nSPS) is 10.7. The maximum Gasteiger partial charge on any atom is 0.130 e. The highest BCUT2D eigenvalue weighted by Crippen LogP contribution is 2.51. The molecule has 0 radical (unpaired) electrons. The molecule has 154 valence electrons. The van der Waals surface area contributed by atoms with E-state index in [4.69, 9.17) is 18.9 Å². The number of ether oxygens (including phenoxy) is 4. The highest BCUT2D eigenvalue weighted by atomic mass is 32.1. The summed E-state index contributed by atoms with van der Waals surface area (Å²) in [4.78, 5) is 2.30. The molecule has 2 heterocycles. The maximum absolute atomic E-state index is 5.66. The molecule has 4 aromatic rings. The van der Waals surface area contributed by atoms with Crippen LogP contribution in [0, 0.1) is 0 Å². The molecule has 0 amide bonds. The third-order valence-electron chi connectivity index (χ3n) is 4.93. The van der Waals surface area contributed by atoms with Gasteiger partial charge in [0.25, 0.3) is 0 Å². The van der Waals surface area contributed by atoms with Crippen LogP contribution in [0.15, 0.2) is 59.3 Å². The van der Waals surface area contributed by atoms with Crippen molar-refractivity contribution in [2.24, 2.45) is 0 Å². The molecule has 0 spiro atoms. The number of benzene rings is 2. The fraction of sp³-hybridized carbons (Fsp3) is 0.167. The van der Waals surface area contributed by atoms with Crippen LogP contribution in [-0.2, 0) is 0 Å². The van der Waals surface area contributed by atoms with Crippen molar-refractivity contribution < 1.29 is 18.9 Å². The van der Waals surface area contributed by atoms with E-state index in [1.54, 1.807) is 51.1 Å². The second-order valence-electron chi connectivity index (χ2n) is 6.40. The predicted octanol–water partition coefficient (Wildman–Crippen LogP) is 6.85. The number of hydrogen-bond acceptors (Lipinski definition) is 6. The molecule has 0 aliphatic carbocycles. The van der Waals surface area contributed by atoms with Crippen molar-refractivity contribution >= 4 is 22.7 Å². The lowest BCUT2D eigenvalue weighted by atomic mass is 9.99. The first-order chi connectivity index (χ1) is 14.7. The van der Waals surface area contributed by atoms with Crippen molar-refractivity contribution in [3.63, 3.8) is 0 Å². The Bertz CT molecular complexity index is 1020. The van der Waals surface area contributed by atoms with Gasteiger partial charge in [0.15, 0.2) is 0 Å². The van der Waals surface area contributed by atoms with E-state index in [1.807, 2.05) is 36.4 Å². The molecule has 4 nitrogen and oxygen atoms in total. The zero-order chi connectivity index (χ0) is 21.1. The summed E-state index contributed by atoms with van der Waals surface area (Å²) in [6.07, 6.45) is 0. The zero-order valence-electron chi connectivity index (χ0n) is 17.2. The van der Waals surface area contributed by atoms with Gasteiger partial charge in [-0.25, -0.2) is 0 Å². The van der Waals surface area contributed by atoms with E-state index in [9.17, 15) is 0 Å². The summed E-state index contributed by atoms with van der Waals surface area (Å²) < 4.78 is 22.6. The van der Waals surface area contributed by atoms with Crippen LogP contribution < -0.4 is 18.9 Å². The van der Waals surface area contributed by atoms with Crippen LogP contribution in [0.2, 0.25) is 0 Å². The molecule has 0 aliphatic rings. The van der Waals surface area contributed by atoms with E-state index in [-0.39, 0.29) is 0 Å². The zero-order valence-corrected chi connectivity index (χ0v) is 18.9. The largest absolute Gasteiger partial charge is 0.496 e. The van der Waals surface area contributed by atoms with Crippen LogP contribution in [-0.4, -0.2) is 28.4 Å². The van der Waals surface area contributed by atoms with Gasteiger partial charge in [-0.05, 0) is 47.2 Å². The smallest absolute Gasteiger partial charge is 0.130 e. The van der Waals surface area contributed by atoms with Crippen LogP contribution in [0.3, 0.4) is 0 Å². The summed E-state index contributed by atoms with van der Waals surface area (Å²) in [5.74, 6) is 3.12. The van der Waals surface area contributed by atoms with E-state index in [2.05, 4.69) is 22.9 Å². The molecular formula is C24H22O4S2. The van der Waals surface area contributed by atoms with E-state index < -0.39 is 0 Å². The Hall–Kier alpha value is -2.96. The summed E-state index contributed by atoms with van der Waals surface area (Å²) >= 11 is 3.39. The summed E-state index contributed by atoms with van der Waals surface area (Å²) in [6.45, 7) is 0. The second-order valence-corrected chi connectivity index (χ2v) is 8.23. The first-order valence-corrected chi connectivity index (χ1v) is 11.1. The Kier molecular flexibility index (Phi) is 5.97. The van der Waals surface area contributed by atoms with Gasteiger partial charge in [-0.2, -0.15) is 0 Å². The third-order valence-corrected chi connectivity index (χ3v) is 6.92. The fourth-order valence-electron chi connectivity index (χ4n) is 3.60. The van der Waals surface area contributed by atoms with Gasteiger partial charge in [0.2, 0.25) is 0 Å². The highest BCUT2D eigenvalue weighted by molar-refractivity contribution is 7.21. The van der Waals surface area contributed by atoms with Gasteiger partial charge in [0.1, 0.15) is 23.0 Å². The van der Waals surface area contributed by atoms with E-state index >= 15 is 0 Å². The monoisotopic (exact) mass is 438 g/mol. The van der Waals surface area contributed by atoms with E-state index in [1.165, 1.54) is 0 Å². The van der Waals surface area contributed by atoms with Crippen molar-refractivity contribution in [2.75, 3.05) is 28.4 Å². The number of methoxy groups -OCH3 is 4. The SMILES string of the molecule is COc1cccc(OC)c1-c1ccsc1-c1sccc1-c1c(OC)cccc1OC. The summed E-state index contributed by atoms with van der Waals surface area (Å²) in [6, 6.07) is 15.9. The summed E-state index contributed by atoms with van der Waals surface area (Å²) in [5, 5.41) is 4.19. The Labute approximate surface area is 184 Å². The van der Waals surface area contributed by atoms with Gasteiger partial charge >= 0.3 is 0 Å². The average molecular weight is 439 g/mol. The van der Waals surface area contributed by atoms with Crippen molar-refractivity contribution in [3.05, 3.63) is 59.3 Å². The lowest BCUT2D eigenvalue weighted by Gasteiger charge is -2.16. The Morgan fingerprint density at radius 3 is 1.13 bits per heavy atom.